The van der Waals surface area contributed by atoms with Crippen LogP contribution in [-0.4, -0.2) is 32.6 Å². The van der Waals surface area contributed by atoms with Crippen LogP contribution in [0.15, 0.2) is 48.5 Å². The maximum absolute atomic E-state index is 12.7. The van der Waals surface area contributed by atoms with Crippen LogP contribution in [0.4, 0.5) is 11.4 Å². The van der Waals surface area contributed by atoms with Crippen LogP contribution in [0.3, 0.4) is 0 Å². The Labute approximate surface area is 156 Å². The Morgan fingerprint density at radius 1 is 1.08 bits per heavy atom. The number of hydrogen-bond donors (Lipinski definition) is 2. The van der Waals surface area contributed by atoms with Gasteiger partial charge in [0.25, 0.3) is 5.91 Å². The molecule has 0 radical (unpaired) electrons. The summed E-state index contributed by atoms with van der Waals surface area (Å²) in [5.74, 6) is -0.0414. The zero-order valence-electron chi connectivity index (χ0n) is 14.6. The third-order valence-corrected chi connectivity index (χ3v) is 4.48. The van der Waals surface area contributed by atoms with E-state index in [-0.39, 0.29) is 18.3 Å². The summed E-state index contributed by atoms with van der Waals surface area (Å²) in [7, 11) is 1.92. The molecule has 0 saturated carbocycles. The lowest BCUT2D eigenvalue weighted by Gasteiger charge is -2.18. The maximum Gasteiger partial charge on any atom is 0.255 e. The van der Waals surface area contributed by atoms with Crippen molar-refractivity contribution in [2.75, 3.05) is 36.9 Å². The summed E-state index contributed by atoms with van der Waals surface area (Å²) in [4.78, 5) is 15.1. The minimum absolute atomic E-state index is 0. The van der Waals surface area contributed by atoms with Gasteiger partial charge < -0.3 is 15.5 Å². The number of carbonyl (C=O) groups is 1. The highest BCUT2D eigenvalue weighted by Gasteiger charge is 2.14. The minimum atomic E-state index is -0.0414. The molecule has 0 unspecified atom stereocenters. The summed E-state index contributed by atoms with van der Waals surface area (Å²) in [6.45, 7) is 3.06. The van der Waals surface area contributed by atoms with E-state index in [1.54, 1.807) is 0 Å². The molecule has 4 nitrogen and oxygen atoms in total. The Morgan fingerprint density at radius 2 is 1.84 bits per heavy atom. The van der Waals surface area contributed by atoms with E-state index in [1.165, 1.54) is 18.5 Å². The first-order valence-electron chi connectivity index (χ1n) is 8.67. The molecule has 1 fully saturated rings. The van der Waals surface area contributed by atoms with Gasteiger partial charge in [-0.3, -0.25) is 4.79 Å². The van der Waals surface area contributed by atoms with Crippen molar-refractivity contribution in [3.63, 3.8) is 0 Å². The van der Waals surface area contributed by atoms with Crippen LogP contribution in [0, 0.1) is 0 Å². The highest BCUT2D eigenvalue weighted by atomic mass is 35.5. The third kappa shape index (κ3) is 4.97. The average molecular weight is 360 g/mol. The Balaban J connectivity index is 0.00000225. The van der Waals surface area contributed by atoms with Gasteiger partial charge in [0.05, 0.1) is 0 Å². The molecule has 0 spiro atoms. The van der Waals surface area contributed by atoms with Crippen molar-refractivity contribution in [1.82, 2.24) is 5.32 Å². The van der Waals surface area contributed by atoms with E-state index < -0.39 is 0 Å². The lowest BCUT2D eigenvalue weighted by molar-refractivity contribution is 0.102. The van der Waals surface area contributed by atoms with Crippen molar-refractivity contribution in [1.29, 1.82) is 0 Å². The fourth-order valence-corrected chi connectivity index (χ4v) is 3.17. The molecular formula is C20H26ClN3O. The summed E-state index contributed by atoms with van der Waals surface area (Å²) in [5.41, 5.74) is 3.86. The standard InChI is InChI=1S/C20H25N3O.ClH/c1-21-12-11-16-7-2-3-10-19(16)20(24)22-17-8-6-9-18(15-17)23-13-4-5-14-23;/h2-3,6-10,15,21H,4-5,11-14H2,1H3,(H,22,24);1H. The molecule has 1 aliphatic rings. The zero-order valence-corrected chi connectivity index (χ0v) is 15.4. The predicted octanol–water partition coefficient (Wildman–Crippen LogP) is 3.72. The van der Waals surface area contributed by atoms with Gasteiger partial charge in [0, 0.05) is 30.0 Å². The number of likely N-dealkylation sites (N-methyl/N-ethyl adjacent to an activating group) is 1. The number of nitrogens with one attached hydrogen (secondary N) is 2. The lowest BCUT2D eigenvalue weighted by atomic mass is 10.0. The van der Waals surface area contributed by atoms with Crippen LogP contribution in [0.25, 0.3) is 0 Å². The van der Waals surface area contributed by atoms with Gasteiger partial charge in [0.15, 0.2) is 0 Å². The molecule has 2 aromatic carbocycles. The summed E-state index contributed by atoms with van der Waals surface area (Å²) >= 11 is 0. The maximum atomic E-state index is 12.7. The second kappa shape index (κ2) is 9.44. The number of anilines is 2. The van der Waals surface area contributed by atoms with E-state index in [2.05, 4.69) is 27.7 Å². The first-order valence-corrected chi connectivity index (χ1v) is 8.67. The van der Waals surface area contributed by atoms with Crippen molar-refractivity contribution in [2.24, 2.45) is 0 Å². The number of rotatable bonds is 6. The highest BCUT2D eigenvalue weighted by Crippen LogP contribution is 2.24. The molecule has 2 N–H and O–H groups in total. The van der Waals surface area contributed by atoms with Crippen LogP contribution < -0.4 is 15.5 Å². The first kappa shape index (κ1) is 19.3. The van der Waals surface area contributed by atoms with Crippen molar-refractivity contribution in [2.45, 2.75) is 19.3 Å². The second-order valence-corrected chi connectivity index (χ2v) is 6.21. The SMILES string of the molecule is CNCCc1ccccc1C(=O)Nc1cccc(N2CCCC2)c1.Cl. The van der Waals surface area contributed by atoms with Crippen molar-refractivity contribution in [3.8, 4) is 0 Å². The van der Waals surface area contributed by atoms with E-state index in [9.17, 15) is 4.79 Å². The number of halogens is 1. The monoisotopic (exact) mass is 359 g/mol. The van der Waals surface area contributed by atoms with E-state index in [0.29, 0.717) is 0 Å². The number of benzene rings is 2. The largest absolute Gasteiger partial charge is 0.371 e. The highest BCUT2D eigenvalue weighted by molar-refractivity contribution is 6.05. The molecule has 0 atom stereocenters. The molecule has 134 valence electrons. The Morgan fingerprint density at radius 3 is 2.60 bits per heavy atom. The Hall–Kier alpha value is -2.04. The number of hydrogen-bond acceptors (Lipinski definition) is 3. The van der Waals surface area contributed by atoms with E-state index >= 15 is 0 Å². The molecule has 5 heteroatoms. The van der Waals surface area contributed by atoms with Gasteiger partial charge in [-0.1, -0.05) is 24.3 Å². The molecule has 0 aromatic heterocycles. The van der Waals surface area contributed by atoms with Crippen LogP contribution >= 0.6 is 12.4 Å². The van der Waals surface area contributed by atoms with Crippen LogP contribution in [0.5, 0.6) is 0 Å². The Bertz CT molecular complexity index is 699. The topological polar surface area (TPSA) is 44.4 Å². The second-order valence-electron chi connectivity index (χ2n) is 6.21. The van der Waals surface area contributed by atoms with Crippen molar-refractivity contribution in [3.05, 3.63) is 59.7 Å². The molecule has 1 aliphatic heterocycles. The fourth-order valence-electron chi connectivity index (χ4n) is 3.17. The summed E-state index contributed by atoms with van der Waals surface area (Å²) in [6, 6.07) is 16.0. The van der Waals surface area contributed by atoms with Gasteiger partial charge in [-0.25, -0.2) is 0 Å². The van der Waals surface area contributed by atoms with Crippen LogP contribution in [-0.2, 0) is 6.42 Å². The molecule has 1 heterocycles. The number of nitrogens with zero attached hydrogens (tertiary/aromatic N) is 1. The van der Waals surface area contributed by atoms with Crippen molar-refractivity contribution >= 4 is 29.7 Å². The molecule has 1 amide bonds. The summed E-state index contributed by atoms with van der Waals surface area (Å²) in [5, 5.41) is 6.19. The normalized spacial score (nSPS) is 13.4. The summed E-state index contributed by atoms with van der Waals surface area (Å²) in [6.07, 6.45) is 3.33. The van der Waals surface area contributed by atoms with E-state index in [0.717, 1.165) is 42.9 Å². The Kier molecular flexibility index (Phi) is 7.29. The van der Waals surface area contributed by atoms with Crippen LogP contribution in [0.2, 0.25) is 0 Å². The van der Waals surface area contributed by atoms with Crippen molar-refractivity contribution < 1.29 is 4.79 Å². The molecule has 0 bridgehead atoms. The van der Waals surface area contributed by atoms with Gasteiger partial charge in [-0.2, -0.15) is 0 Å². The minimum Gasteiger partial charge on any atom is -0.371 e. The molecular weight excluding hydrogens is 334 g/mol. The first-order chi connectivity index (χ1) is 11.8. The third-order valence-electron chi connectivity index (χ3n) is 4.48. The predicted molar refractivity (Wildman–Crippen MR) is 107 cm³/mol. The zero-order chi connectivity index (χ0) is 16.8. The van der Waals surface area contributed by atoms with Gasteiger partial charge in [0.1, 0.15) is 0 Å². The molecule has 0 aliphatic carbocycles. The van der Waals surface area contributed by atoms with Gasteiger partial charge in [0.2, 0.25) is 0 Å². The molecule has 1 saturated heterocycles. The fraction of sp³-hybridized carbons (Fsp3) is 0.350. The molecule has 2 aromatic rings. The average Bonchev–Trinajstić information content (AvgIpc) is 3.15. The molecule has 3 rings (SSSR count). The number of carbonyl (C=O) groups excluding carboxylic acids is 1. The van der Waals surface area contributed by atoms with Gasteiger partial charge in [-0.05, 0) is 62.7 Å². The van der Waals surface area contributed by atoms with Gasteiger partial charge >= 0.3 is 0 Å². The van der Waals surface area contributed by atoms with E-state index in [4.69, 9.17) is 0 Å². The molecule has 25 heavy (non-hydrogen) atoms. The van der Waals surface area contributed by atoms with Crippen LogP contribution in [0.1, 0.15) is 28.8 Å². The van der Waals surface area contributed by atoms with E-state index in [1.807, 2.05) is 43.4 Å². The number of amides is 1. The summed E-state index contributed by atoms with van der Waals surface area (Å²) < 4.78 is 0. The smallest absolute Gasteiger partial charge is 0.255 e. The quantitative estimate of drug-likeness (QED) is 0.826. The van der Waals surface area contributed by atoms with Gasteiger partial charge in [-0.15, -0.1) is 12.4 Å². The lowest BCUT2D eigenvalue weighted by Crippen LogP contribution is -2.19.